The van der Waals surface area contributed by atoms with Crippen molar-refractivity contribution in [1.29, 1.82) is 0 Å². The molecule has 0 spiro atoms. The van der Waals surface area contributed by atoms with E-state index >= 15 is 0 Å². The van der Waals surface area contributed by atoms with Crippen molar-refractivity contribution in [2.75, 3.05) is 5.73 Å². The number of alkyl halides is 3. The lowest BCUT2D eigenvalue weighted by Crippen LogP contribution is -2.23. The van der Waals surface area contributed by atoms with Crippen molar-refractivity contribution >= 4 is 11.3 Å². The Morgan fingerprint density at radius 1 is 1.37 bits per heavy atom. The third-order valence-electron chi connectivity index (χ3n) is 3.19. The molecule has 2 aromatic rings. The molecule has 2 heterocycles. The van der Waals surface area contributed by atoms with E-state index in [-0.39, 0.29) is 17.3 Å². The van der Waals surface area contributed by atoms with Gasteiger partial charge in [0.05, 0.1) is 11.3 Å². The van der Waals surface area contributed by atoms with E-state index in [1.54, 1.807) is 0 Å². The molecule has 4 nitrogen and oxygen atoms in total. The van der Waals surface area contributed by atoms with Crippen molar-refractivity contribution in [1.82, 2.24) is 9.38 Å². The monoisotopic (exact) mass is 269 g/mol. The van der Waals surface area contributed by atoms with Gasteiger partial charge in [0.15, 0.2) is 5.65 Å². The zero-order chi connectivity index (χ0) is 13.8. The normalized spacial score (nSPS) is 15.9. The molecule has 1 fully saturated rings. The molecular formula is C12H10F3N3O. The molecule has 0 bridgehead atoms. The second-order valence-electron chi connectivity index (χ2n) is 4.60. The van der Waals surface area contributed by atoms with Gasteiger partial charge in [-0.3, -0.25) is 9.20 Å². The lowest BCUT2D eigenvalue weighted by molar-refractivity contribution is -0.136. The molecule has 7 heteroatoms. The molecular weight excluding hydrogens is 259 g/mol. The van der Waals surface area contributed by atoms with Crippen LogP contribution in [-0.4, -0.2) is 9.38 Å². The third-order valence-corrected chi connectivity index (χ3v) is 3.19. The van der Waals surface area contributed by atoms with Crippen molar-refractivity contribution in [2.45, 2.75) is 24.9 Å². The van der Waals surface area contributed by atoms with Gasteiger partial charge in [-0.05, 0) is 25.0 Å². The Labute approximate surface area is 105 Å². The molecule has 0 amide bonds. The molecule has 1 saturated carbocycles. The molecule has 100 valence electrons. The maximum atomic E-state index is 12.9. The first-order valence-electron chi connectivity index (χ1n) is 5.77. The Balaban J connectivity index is 2.40. The number of nitrogen functional groups attached to an aromatic ring is 1. The first kappa shape index (κ1) is 12.0. The van der Waals surface area contributed by atoms with Gasteiger partial charge < -0.3 is 5.73 Å². The first-order chi connectivity index (χ1) is 8.89. The summed E-state index contributed by atoms with van der Waals surface area (Å²) in [5.74, 6) is 0.0130. The van der Waals surface area contributed by atoms with Crippen LogP contribution in [0.25, 0.3) is 5.65 Å². The highest BCUT2D eigenvalue weighted by atomic mass is 19.4. The van der Waals surface area contributed by atoms with E-state index in [9.17, 15) is 18.0 Å². The molecule has 0 atom stereocenters. The van der Waals surface area contributed by atoms with E-state index in [1.165, 1.54) is 6.20 Å². The van der Waals surface area contributed by atoms with E-state index in [1.807, 2.05) is 0 Å². The van der Waals surface area contributed by atoms with Crippen molar-refractivity contribution in [3.05, 3.63) is 39.9 Å². The summed E-state index contributed by atoms with van der Waals surface area (Å²) in [5, 5.41) is 0. The summed E-state index contributed by atoms with van der Waals surface area (Å²) in [4.78, 5) is 16.0. The standard InChI is InChI=1S/C12H10F3N3O/c13-12(14,15)7-2-1-5-18-10(7)17-9(6-3-4-6)8(16)11(18)19/h1-2,5-6H,3-4,16H2. The highest BCUT2D eigenvalue weighted by molar-refractivity contribution is 5.56. The minimum absolute atomic E-state index is 0.0130. The van der Waals surface area contributed by atoms with E-state index in [0.29, 0.717) is 5.69 Å². The van der Waals surface area contributed by atoms with Crippen molar-refractivity contribution < 1.29 is 13.2 Å². The predicted octanol–water partition coefficient (Wildman–Crippen LogP) is 2.17. The van der Waals surface area contributed by atoms with Gasteiger partial charge >= 0.3 is 6.18 Å². The molecule has 0 radical (unpaired) electrons. The number of hydrogen-bond acceptors (Lipinski definition) is 3. The molecule has 19 heavy (non-hydrogen) atoms. The second-order valence-corrected chi connectivity index (χ2v) is 4.60. The summed E-state index contributed by atoms with van der Waals surface area (Å²) in [5.41, 5.74) is 3.97. The number of fused-ring (bicyclic) bond motifs is 1. The number of pyridine rings is 1. The Morgan fingerprint density at radius 2 is 2.05 bits per heavy atom. The van der Waals surface area contributed by atoms with Gasteiger partial charge in [-0.15, -0.1) is 0 Å². The fourth-order valence-corrected chi connectivity index (χ4v) is 2.08. The number of hydrogen-bond donors (Lipinski definition) is 1. The number of aromatic nitrogens is 2. The van der Waals surface area contributed by atoms with Crippen molar-refractivity contribution in [2.24, 2.45) is 0 Å². The molecule has 1 aliphatic carbocycles. The summed E-state index contributed by atoms with van der Waals surface area (Å²) in [7, 11) is 0. The van der Waals surface area contributed by atoms with Crippen LogP contribution in [0.2, 0.25) is 0 Å². The van der Waals surface area contributed by atoms with Crippen LogP contribution in [0.5, 0.6) is 0 Å². The number of rotatable bonds is 1. The van der Waals surface area contributed by atoms with Crippen LogP contribution in [0.15, 0.2) is 23.1 Å². The lowest BCUT2D eigenvalue weighted by atomic mass is 10.2. The topological polar surface area (TPSA) is 60.4 Å². The minimum atomic E-state index is -4.55. The predicted molar refractivity (Wildman–Crippen MR) is 62.9 cm³/mol. The van der Waals surface area contributed by atoms with Crippen LogP contribution in [0, 0.1) is 0 Å². The van der Waals surface area contributed by atoms with Crippen LogP contribution >= 0.6 is 0 Å². The smallest absolute Gasteiger partial charge is 0.393 e. The Morgan fingerprint density at radius 3 is 2.63 bits per heavy atom. The van der Waals surface area contributed by atoms with Gasteiger partial charge in [0.1, 0.15) is 5.69 Å². The van der Waals surface area contributed by atoms with Gasteiger partial charge in [-0.2, -0.15) is 13.2 Å². The summed E-state index contributed by atoms with van der Waals surface area (Å²) >= 11 is 0. The zero-order valence-electron chi connectivity index (χ0n) is 9.74. The van der Waals surface area contributed by atoms with E-state index in [0.717, 1.165) is 29.4 Å². The molecule has 0 saturated heterocycles. The summed E-state index contributed by atoms with van der Waals surface area (Å²) in [6.45, 7) is 0. The Hall–Kier alpha value is -2.05. The van der Waals surface area contributed by atoms with E-state index < -0.39 is 17.3 Å². The van der Waals surface area contributed by atoms with Crippen LogP contribution in [0.1, 0.15) is 30.0 Å². The SMILES string of the molecule is Nc1c(C2CC2)nc2c(C(F)(F)F)cccn2c1=O. The fraction of sp³-hybridized carbons (Fsp3) is 0.333. The van der Waals surface area contributed by atoms with Crippen LogP contribution in [0.3, 0.4) is 0 Å². The van der Waals surface area contributed by atoms with Gasteiger partial charge in [0, 0.05) is 12.1 Å². The van der Waals surface area contributed by atoms with Gasteiger partial charge in [-0.25, -0.2) is 4.98 Å². The molecule has 0 aliphatic heterocycles. The highest BCUT2D eigenvalue weighted by Gasteiger charge is 2.35. The summed E-state index contributed by atoms with van der Waals surface area (Å²) in [6.07, 6.45) is -1.70. The number of nitrogens with zero attached hydrogens (tertiary/aromatic N) is 2. The number of halogens is 3. The highest BCUT2D eigenvalue weighted by Crippen LogP contribution is 2.41. The lowest BCUT2D eigenvalue weighted by Gasteiger charge is -2.12. The number of nitrogens with two attached hydrogens (primary N) is 1. The molecule has 3 rings (SSSR count). The number of anilines is 1. The molecule has 0 unspecified atom stereocenters. The Kier molecular flexibility index (Phi) is 2.35. The summed E-state index contributed by atoms with van der Waals surface area (Å²) in [6, 6.07) is 2.07. The Bertz CT molecular complexity index is 716. The average molecular weight is 269 g/mol. The zero-order valence-corrected chi connectivity index (χ0v) is 9.74. The second kappa shape index (κ2) is 3.72. The first-order valence-corrected chi connectivity index (χ1v) is 5.77. The fourth-order valence-electron chi connectivity index (χ4n) is 2.08. The van der Waals surface area contributed by atoms with Crippen LogP contribution < -0.4 is 11.3 Å². The quantitative estimate of drug-likeness (QED) is 0.863. The van der Waals surface area contributed by atoms with Gasteiger partial charge in [-0.1, -0.05) is 0 Å². The largest absolute Gasteiger partial charge is 0.419 e. The molecule has 1 aliphatic rings. The van der Waals surface area contributed by atoms with Crippen molar-refractivity contribution in [3.8, 4) is 0 Å². The van der Waals surface area contributed by atoms with Crippen LogP contribution in [0.4, 0.5) is 18.9 Å². The average Bonchev–Trinajstić information content (AvgIpc) is 3.16. The molecule has 2 N–H and O–H groups in total. The minimum Gasteiger partial charge on any atom is -0.393 e. The van der Waals surface area contributed by atoms with Gasteiger partial charge in [0.2, 0.25) is 0 Å². The maximum absolute atomic E-state index is 12.9. The maximum Gasteiger partial charge on any atom is 0.419 e. The van der Waals surface area contributed by atoms with E-state index in [2.05, 4.69) is 4.98 Å². The molecule has 2 aromatic heterocycles. The van der Waals surface area contributed by atoms with Crippen molar-refractivity contribution in [3.63, 3.8) is 0 Å². The summed E-state index contributed by atoms with van der Waals surface area (Å²) < 4.78 is 39.6. The van der Waals surface area contributed by atoms with Crippen LogP contribution in [-0.2, 0) is 6.18 Å². The van der Waals surface area contributed by atoms with Gasteiger partial charge in [0.25, 0.3) is 5.56 Å². The van der Waals surface area contributed by atoms with E-state index in [4.69, 9.17) is 5.73 Å². The molecule has 0 aromatic carbocycles. The third kappa shape index (κ3) is 1.85.